The fourth-order valence-corrected chi connectivity index (χ4v) is 2.73. The molecular formula is C19H21ClN2O3. The van der Waals surface area contributed by atoms with Crippen molar-refractivity contribution in [1.82, 2.24) is 4.90 Å². The summed E-state index contributed by atoms with van der Waals surface area (Å²) in [5.74, 6) is 0.00587. The molecule has 1 atom stereocenters. The number of halogens is 1. The van der Waals surface area contributed by atoms with Gasteiger partial charge >= 0.3 is 0 Å². The molecule has 0 aliphatic rings. The van der Waals surface area contributed by atoms with Crippen LogP contribution in [0.5, 0.6) is 5.75 Å². The van der Waals surface area contributed by atoms with E-state index in [-0.39, 0.29) is 24.4 Å². The van der Waals surface area contributed by atoms with E-state index in [0.717, 1.165) is 5.56 Å². The van der Waals surface area contributed by atoms with Gasteiger partial charge in [-0.05, 0) is 30.7 Å². The summed E-state index contributed by atoms with van der Waals surface area (Å²) in [6.45, 7) is 3.28. The van der Waals surface area contributed by atoms with Crippen LogP contribution >= 0.6 is 11.6 Å². The van der Waals surface area contributed by atoms with Crippen LogP contribution in [-0.2, 0) is 9.59 Å². The molecule has 2 aromatic rings. The van der Waals surface area contributed by atoms with Crippen LogP contribution in [0.1, 0.15) is 25.5 Å². The number of anilines is 1. The molecule has 25 heavy (non-hydrogen) atoms. The minimum Gasteiger partial charge on any atom is -0.495 e. The van der Waals surface area contributed by atoms with E-state index in [9.17, 15) is 9.59 Å². The van der Waals surface area contributed by atoms with Crippen LogP contribution in [0.4, 0.5) is 5.69 Å². The lowest BCUT2D eigenvalue weighted by molar-refractivity contribution is -0.134. The Balaban J connectivity index is 2.13. The van der Waals surface area contributed by atoms with Crippen LogP contribution in [0.25, 0.3) is 0 Å². The molecule has 6 heteroatoms. The SMILES string of the molecule is COc1ccc(Cl)cc1NC(=O)CN(C(C)=O)C(C)c1ccccc1. The summed E-state index contributed by atoms with van der Waals surface area (Å²) >= 11 is 5.97. The van der Waals surface area contributed by atoms with Crippen molar-refractivity contribution in [3.8, 4) is 5.75 Å². The third-order valence-corrected chi connectivity index (χ3v) is 4.14. The van der Waals surface area contributed by atoms with Gasteiger partial charge in [0.2, 0.25) is 11.8 Å². The fraction of sp³-hybridized carbons (Fsp3) is 0.263. The van der Waals surface area contributed by atoms with Gasteiger partial charge in [0, 0.05) is 11.9 Å². The Morgan fingerprint density at radius 2 is 1.88 bits per heavy atom. The second-order valence-corrected chi connectivity index (χ2v) is 6.06. The van der Waals surface area contributed by atoms with Gasteiger partial charge in [0.05, 0.1) is 18.8 Å². The third-order valence-electron chi connectivity index (χ3n) is 3.90. The topological polar surface area (TPSA) is 58.6 Å². The Hall–Kier alpha value is -2.53. The van der Waals surface area contributed by atoms with Crippen molar-refractivity contribution < 1.29 is 14.3 Å². The zero-order valence-corrected chi connectivity index (χ0v) is 15.2. The molecule has 2 amide bonds. The molecule has 0 heterocycles. The molecule has 0 fully saturated rings. The van der Waals surface area contributed by atoms with Crippen LogP contribution < -0.4 is 10.1 Å². The standard InChI is InChI=1S/C19H21ClN2O3/c1-13(15-7-5-4-6-8-15)22(14(2)23)12-19(24)21-17-11-16(20)9-10-18(17)25-3/h4-11,13H,12H2,1-3H3,(H,21,24). The number of nitrogens with zero attached hydrogens (tertiary/aromatic N) is 1. The molecule has 1 N–H and O–H groups in total. The molecule has 5 nitrogen and oxygen atoms in total. The Labute approximate surface area is 152 Å². The highest BCUT2D eigenvalue weighted by Crippen LogP contribution is 2.28. The normalized spacial score (nSPS) is 11.5. The van der Waals surface area contributed by atoms with Gasteiger partial charge in [-0.1, -0.05) is 41.9 Å². The third kappa shape index (κ3) is 4.97. The zero-order valence-electron chi connectivity index (χ0n) is 14.5. The summed E-state index contributed by atoms with van der Waals surface area (Å²) in [5, 5.41) is 3.24. The minimum absolute atomic E-state index is 0.0684. The first-order valence-electron chi connectivity index (χ1n) is 7.88. The molecule has 132 valence electrons. The largest absolute Gasteiger partial charge is 0.495 e. The number of hydrogen-bond acceptors (Lipinski definition) is 3. The van der Waals surface area contributed by atoms with Crippen molar-refractivity contribution in [2.45, 2.75) is 19.9 Å². The lowest BCUT2D eigenvalue weighted by Crippen LogP contribution is -2.38. The first-order chi connectivity index (χ1) is 11.9. The van der Waals surface area contributed by atoms with Gasteiger partial charge in [0.15, 0.2) is 0 Å². The van der Waals surface area contributed by atoms with Crippen LogP contribution in [0.15, 0.2) is 48.5 Å². The number of carbonyl (C=O) groups is 2. The monoisotopic (exact) mass is 360 g/mol. The van der Waals surface area contributed by atoms with Crippen LogP contribution in [0, 0.1) is 0 Å². The quantitative estimate of drug-likeness (QED) is 0.850. The Bertz CT molecular complexity index is 750. The Morgan fingerprint density at radius 3 is 2.48 bits per heavy atom. The van der Waals surface area contributed by atoms with Crippen molar-refractivity contribution in [3.05, 3.63) is 59.1 Å². The summed E-state index contributed by atoms with van der Waals surface area (Å²) < 4.78 is 5.22. The fourth-order valence-electron chi connectivity index (χ4n) is 2.55. The average Bonchev–Trinajstić information content (AvgIpc) is 2.60. The van der Waals surface area contributed by atoms with Gasteiger partial charge in [-0.3, -0.25) is 9.59 Å². The highest BCUT2D eigenvalue weighted by Gasteiger charge is 2.21. The molecule has 1 unspecified atom stereocenters. The highest BCUT2D eigenvalue weighted by molar-refractivity contribution is 6.31. The van der Waals surface area contributed by atoms with Crippen LogP contribution in [0.2, 0.25) is 5.02 Å². The van der Waals surface area contributed by atoms with Crippen molar-refractivity contribution in [3.63, 3.8) is 0 Å². The van der Waals surface area contributed by atoms with Crippen LogP contribution in [0.3, 0.4) is 0 Å². The van der Waals surface area contributed by atoms with E-state index in [1.165, 1.54) is 18.9 Å². The van der Waals surface area contributed by atoms with E-state index >= 15 is 0 Å². The van der Waals surface area contributed by atoms with E-state index in [0.29, 0.717) is 16.5 Å². The van der Waals surface area contributed by atoms with Gasteiger partial charge in [-0.25, -0.2) is 0 Å². The lowest BCUT2D eigenvalue weighted by atomic mass is 10.1. The number of hydrogen-bond donors (Lipinski definition) is 1. The van der Waals surface area contributed by atoms with Gasteiger partial charge in [-0.15, -0.1) is 0 Å². The minimum atomic E-state index is -0.321. The number of carbonyl (C=O) groups excluding carboxylic acids is 2. The molecule has 0 bridgehead atoms. The molecule has 0 saturated heterocycles. The first-order valence-corrected chi connectivity index (χ1v) is 8.25. The van der Waals surface area contributed by atoms with Crippen molar-refractivity contribution in [1.29, 1.82) is 0 Å². The number of rotatable bonds is 6. The van der Waals surface area contributed by atoms with E-state index in [1.54, 1.807) is 18.2 Å². The molecule has 0 spiro atoms. The molecule has 0 radical (unpaired) electrons. The lowest BCUT2D eigenvalue weighted by Gasteiger charge is -2.28. The number of amides is 2. The van der Waals surface area contributed by atoms with Crippen molar-refractivity contribution in [2.24, 2.45) is 0 Å². The number of benzene rings is 2. The number of ether oxygens (including phenoxy) is 1. The van der Waals surface area contributed by atoms with E-state index in [1.807, 2.05) is 37.3 Å². The highest BCUT2D eigenvalue weighted by atomic mass is 35.5. The Kier molecular flexibility index (Phi) is 6.42. The summed E-state index contributed by atoms with van der Waals surface area (Å²) in [6.07, 6.45) is 0. The predicted molar refractivity (Wildman–Crippen MR) is 98.9 cm³/mol. The first kappa shape index (κ1) is 18.8. The van der Waals surface area contributed by atoms with Crippen molar-refractivity contribution in [2.75, 3.05) is 19.0 Å². The van der Waals surface area contributed by atoms with Crippen LogP contribution in [-0.4, -0.2) is 30.4 Å². The molecule has 0 saturated carbocycles. The summed E-state index contributed by atoms with van der Waals surface area (Å²) in [5.41, 5.74) is 1.43. The molecular weight excluding hydrogens is 340 g/mol. The van der Waals surface area contributed by atoms with Crippen molar-refractivity contribution >= 4 is 29.1 Å². The van der Waals surface area contributed by atoms with E-state index in [4.69, 9.17) is 16.3 Å². The molecule has 2 aromatic carbocycles. The molecule has 0 aromatic heterocycles. The second-order valence-electron chi connectivity index (χ2n) is 5.63. The van der Waals surface area contributed by atoms with Gasteiger partial charge in [0.1, 0.15) is 12.3 Å². The van der Waals surface area contributed by atoms with Gasteiger partial charge < -0.3 is 15.0 Å². The predicted octanol–water partition coefficient (Wildman–Crippen LogP) is 3.90. The Morgan fingerprint density at radius 1 is 1.20 bits per heavy atom. The summed E-state index contributed by atoms with van der Waals surface area (Å²) in [4.78, 5) is 26.0. The molecule has 2 rings (SSSR count). The number of nitrogens with one attached hydrogen (secondary N) is 1. The zero-order chi connectivity index (χ0) is 18.4. The smallest absolute Gasteiger partial charge is 0.244 e. The maximum absolute atomic E-state index is 12.4. The maximum atomic E-state index is 12.4. The maximum Gasteiger partial charge on any atom is 0.244 e. The second kappa shape index (κ2) is 8.53. The molecule has 0 aliphatic heterocycles. The average molecular weight is 361 g/mol. The van der Waals surface area contributed by atoms with Gasteiger partial charge in [0.25, 0.3) is 0 Å². The van der Waals surface area contributed by atoms with E-state index in [2.05, 4.69) is 5.32 Å². The summed E-state index contributed by atoms with van der Waals surface area (Å²) in [6, 6.07) is 14.3. The molecule has 0 aliphatic carbocycles. The summed E-state index contributed by atoms with van der Waals surface area (Å²) in [7, 11) is 1.51. The van der Waals surface area contributed by atoms with Gasteiger partial charge in [-0.2, -0.15) is 0 Å². The number of methoxy groups -OCH3 is 1. The van der Waals surface area contributed by atoms with E-state index < -0.39 is 0 Å².